The molecule has 1 unspecified atom stereocenters. The van der Waals surface area contributed by atoms with Gasteiger partial charge in [-0.25, -0.2) is 0 Å². The number of allylic oxidation sites excluding steroid dienone is 1. The van der Waals surface area contributed by atoms with E-state index in [4.69, 9.17) is 16.3 Å². The zero-order chi connectivity index (χ0) is 16.5. The van der Waals surface area contributed by atoms with Gasteiger partial charge in [-0.15, -0.1) is 16.8 Å². The molecule has 0 spiro atoms. The van der Waals surface area contributed by atoms with Crippen molar-refractivity contribution in [1.29, 1.82) is 0 Å². The summed E-state index contributed by atoms with van der Waals surface area (Å²) in [6.07, 6.45) is 7.30. The van der Waals surface area contributed by atoms with Crippen molar-refractivity contribution in [2.24, 2.45) is 0 Å². The van der Waals surface area contributed by atoms with Gasteiger partial charge in [0, 0.05) is 31.5 Å². The maximum absolute atomic E-state index is 5.94. The van der Waals surface area contributed by atoms with Crippen molar-refractivity contribution in [3.8, 4) is 5.88 Å². The monoisotopic (exact) mass is 332 g/mol. The minimum atomic E-state index is 0.00477. The topological polar surface area (TPSA) is 51.1 Å². The maximum Gasteiger partial charge on any atom is 0.233 e. The lowest BCUT2D eigenvalue weighted by Crippen LogP contribution is -2.33. The van der Waals surface area contributed by atoms with Crippen molar-refractivity contribution < 1.29 is 4.74 Å². The third-order valence-electron chi connectivity index (χ3n) is 3.28. The highest BCUT2D eigenvalue weighted by Gasteiger charge is 2.14. The van der Waals surface area contributed by atoms with E-state index in [0.717, 1.165) is 25.9 Å². The second kappa shape index (κ2) is 9.22. The Labute approximate surface area is 142 Å². The van der Waals surface area contributed by atoms with Crippen LogP contribution in [0.4, 0.5) is 0 Å². The summed E-state index contributed by atoms with van der Waals surface area (Å²) in [5.41, 5.74) is 1.17. The molecule has 0 aliphatic carbocycles. The first-order valence-electron chi connectivity index (χ1n) is 7.51. The Hall–Kier alpha value is -1.98. The van der Waals surface area contributed by atoms with Crippen LogP contribution in [0.3, 0.4) is 0 Å². The number of pyridine rings is 1. The highest BCUT2D eigenvalue weighted by atomic mass is 35.5. The summed E-state index contributed by atoms with van der Waals surface area (Å²) in [4.78, 5) is 6.34. The number of ether oxygens (including phenoxy) is 1. The van der Waals surface area contributed by atoms with Crippen LogP contribution in [-0.2, 0) is 6.54 Å². The normalized spacial score (nSPS) is 12.1. The summed E-state index contributed by atoms with van der Waals surface area (Å²) < 4.78 is 5.94. The van der Waals surface area contributed by atoms with Gasteiger partial charge in [-0.3, -0.25) is 9.88 Å². The van der Waals surface area contributed by atoms with E-state index in [9.17, 15) is 0 Å². The van der Waals surface area contributed by atoms with Gasteiger partial charge in [0.05, 0.1) is 0 Å². The summed E-state index contributed by atoms with van der Waals surface area (Å²) in [7, 11) is 2.06. The molecule has 0 amide bonds. The van der Waals surface area contributed by atoms with Gasteiger partial charge in [-0.1, -0.05) is 23.7 Å². The van der Waals surface area contributed by atoms with Gasteiger partial charge >= 0.3 is 0 Å². The van der Waals surface area contributed by atoms with Gasteiger partial charge in [0.1, 0.15) is 6.10 Å². The molecule has 5 nitrogen and oxygen atoms in total. The number of likely N-dealkylation sites (N-methyl/N-ethyl adjacent to an activating group) is 1. The number of hydrogen-bond donors (Lipinski definition) is 0. The number of aromatic nitrogens is 3. The molecule has 2 heterocycles. The Balaban J connectivity index is 1.94. The molecule has 23 heavy (non-hydrogen) atoms. The van der Waals surface area contributed by atoms with Crippen LogP contribution < -0.4 is 4.74 Å². The fourth-order valence-corrected chi connectivity index (χ4v) is 2.34. The lowest BCUT2D eigenvalue weighted by Gasteiger charge is -2.24. The molecule has 2 aromatic heterocycles. The van der Waals surface area contributed by atoms with E-state index in [2.05, 4.69) is 39.8 Å². The molecule has 122 valence electrons. The van der Waals surface area contributed by atoms with E-state index in [1.54, 1.807) is 18.3 Å². The molecule has 0 saturated carbocycles. The van der Waals surface area contributed by atoms with E-state index < -0.39 is 0 Å². The van der Waals surface area contributed by atoms with E-state index >= 15 is 0 Å². The Morgan fingerprint density at radius 2 is 2.22 bits per heavy atom. The van der Waals surface area contributed by atoms with E-state index in [0.29, 0.717) is 11.0 Å². The SMILES string of the molecule is C=CCCC(CN(C)Cc1cccnc1)Oc1ccc(Cl)nn1. The number of nitrogens with zero attached hydrogens (tertiary/aromatic N) is 4. The van der Waals surface area contributed by atoms with E-state index in [1.807, 2.05) is 18.3 Å². The summed E-state index contributed by atoms with van der Waals surface area (Å²) >= 11 is 5.75. The fourth-order valence-electron chi connectivity index (χ4n) is 2.24. The van der Waals surface area contributed by atoms with Crippen molar-refractivity contribution in [2.45, 2.75) is 25.5 Å². The molecule has 0 radical (unpaired) electrons. The first-order valence-corrected chi connectivity index (χ1v) is 7.89. The van der Waals surface area contributed by atoms with Gasteiger partial charge in [0.25, 0.3) is 0 Å². The highest BCUT2D eigenvalue weighted by Crippen LogP contribution is 2.14. The van der Waals surface area contributed by atoms with E-state index in [-0.39, 0.29) is 6.10 Å². The van der Waals surface area contributed by atoms with Crippen molar-refractivity contribution in [1.82, 2.24) is 20.1 Å². The molecular formula is C17H21ClN4O. The van der Waals surface area contributed by atoms with Crippen LogP contribution in [0.1, 0.15) is 18.4 Å². The second-order valence-corrected chi connectivity index (χ2v) is 5.75. The maximum atomic E-state index is 5.94. The van der Waals surface area contributed by atoms with Crippen LogP contribution in [0, 0.1) is 0 Å². The summed E-state index contributed by atoms with van der Waals surface area (Å²) in [6, 6.07) is 7.41. The standard InChI is InChI=1S/C17H21ClN4O/c1-3-4-7-15(23-17-9-8-16(18)20-21-17)13-22(2)12-14-6-5-10-19-11-14/h3,5-6,8-11,15H,1,4,7,12-13H2,2H3. The van der Waals surface area contributed by atoms with Crippen LogP contribution in [0.25, 0.3) is 0 Å². The Morgan fingerprint density at radius 3 is 2.87 bits per heavy atom. The Morgan fingerprint density at radius 1 is 1.35 bits per heavy atom. The van der Waals surface area contributed by atoms with E-state index in [1.165, 1.54) is 5.56 Å². The highest BCUT2D eigenvalue weighted by molar-refractivity contribution is 6.29. The molecule has 1 atom stereocenters. The predicted molar refractivity (Wildman–Crippen MR) is 91.5 cm³/mol. The zero-order valence-corrected chi connectivity index (χ0v) is 14.0. The quantitative estimate of drug-likeness (QED) is 0.659. The summed E-state index contributed by atoms with van der Waals surface area (Å²) in [5.74, 6) is 0.484. The van der Waals surface area contributed by atoms with Crippen LogP contribution in [0.15, 0.2) is 49.3 Å². The van der Waals surface area contributed by atoms with Crippen LogP contribution in [0.2, 0.25) is 5.15 Å². The van der Waals surface area contributed by atoms with Crippen molar-refractivity contribution >= 4 is 11.6 Å². The molecule has 6 heteroatoms. The molecule has 0 saturated heterocycles. The predicted octanol–water partition coefficient (Wildman–Crippen LogP) is 3.37. The average Bonchev–Trinajstić information content (AvgIpc) is 2.55. The zero-order valence-electron chi connectivity index (χ0n) is 13.2. The first kappa shape index (κ1) is 17.4. The van der Waals surface area contributed by atoms with Crippen molar-refractivity contribution in [2.75, 3.05) is 13.6 Å². The molecule has 0 aliphatic heterocycles. The second-order valence-electron chi connectivity index (χ2n) is 5.36. The average molecular weight is 333 g/mol. The van der Waals surface area contributed by atoms with Gasteiger partial charge < -0.3 is 4.74 Å². The third-order valence-corrected chi connectivity index (χ3v) is 3.48. The molecule has 2 rings (SSSR count). The van der Waals surface area contributed by atoms with Crippen LogP contribution in [0.5, 0.6) is 5.88 Å². The Bertz CT molecular complexity index is 591. The Kier molecular flexibility index (Phi) is 6.97. The minimum Gasteiger partial charge on any atom is -0.472 e. The van der Waals surface area contributed by atoms with Gasteiger partial charge in [-0.05, 0) is 37.6 Å². The number of hydrogen-bond acceptors (Lipinski definition) is 5. The van der Waals surface area contributed by atoms with Crippen LogP contribution >= 0.6 is 11.6 Å². The van der Waals surface area contributed by atoms with Crippen molar-refractivity contribution in [3.63, 3.8) is 0 Å². The van der Waals surface area contributed by atoms with Gasteiger partial charge in [-0.2, -0.15) is 0 Å². The molecule has 0 aromatic carbocycles. The lowest BCUT2D eigenvalue weighted by atomic mass is 10.1. The fraction of sp³-hybridized carbons (Fsp3) is 0.353. The molecule has 0 bridgehead atoms. The molecule has 0 fully saturated rings. The summed E-state index contributed by atoms with van der Waals surface area (Å²) in [6.45, 7) is 5.36. The minimum absolute atomic E-state index is 0.00477. The molecule has 0 aliphatic rings. The number of rotatable bonds is 9. The first-order chi connectivity index (χ1) is 11.2. The third kappa shape index (κ3) is 6.34. The lowest BCUT2D eigenvalue weighted by molar-refractivity contribution is 0.131. The summed E-state index contributed by atoms with van der Waals surface area (Å²) in [5, 5.41) is 8.12. The van der Waals surface area contributed by atoms with Crippen molar-refractivity contribution in [3.05, 3.63) is 60.0 Å². The van der Waals surface area contributed by atoms with Crippen LogP contribution in [-0.4, -0.2) is 39.8 Å². The molecule has 2 aromatic rings. The molecule has 0 N–H and O–H groups in total. The van der Waals surface area contributed by atoms with Gasteiger partial charge in [0.2, 0.25) is 5.88 Å². The largest absolute Gasteiger partial charge is 0.472 e. The number of halogens is 1. The van der Waals surface area contributed by atoms with Gasteiger partial charge in [0.15, 0.2) is 5.15 Å². The smallest absolute Gasteiger partial charge is 0.233 e. The molecular weight excluding hydrogens is 312 g/mol.